The second kappa shape index (κ2) is 8.69. The van der Waals surface area contributed by atoms with E-state index in [1.54, 1.807) is 18.2 Å². The maximum Gasteiger partial charge on any atom is 0.232 e. The van der Waals surface area contributed by atoms with Crippen molar-refractivity contribution in [1.82, 2.24) is 0 Å². The van der Waals surface area contributed by atoms with Gasteiger partial charge in [0.2, 0.25) is 15.9 Å². The number of hydrogen-bond acceptors (Lipinski definition) is 4. The van der Waals surface area contributed by atoms with Crippen molar-refractivity contribution < 1.29 is 13.2 Å². The van der Waals surface area contributed by atoms with Crippen LogP contribution in [0.1, 0.15) is 30.0 Å². The van der Waals surface area contributed by atoms with Gasteiger partial charge in [0.1, 0.15) is 0 Å². The van der Waals surface area contributed by atoms with Crippen LogP contribution in [0, 0.1) is 18.3 Å². The van der Waals surface area contributed by atoms with Gasteiger partial charge in [-0.25, -0.2) is 8.42 Å². The lowest BCUT2D eigenvalue weighted by Gasteiger charge is -2.22. The fraction of sp³-hybridized carbons (Fsp3) is 0.300. The summed E-state index contributed by atoms with van der Waals surface area (Å²) in [5.74, 6) is -0.260. The van der Waals surface area contributed by atoms with E-state index in [4.69, 9.17) is 5.26 Å². The van der Waals surface area contributed by atoms with Gasteiger partial charge in [-0.3, -0.25) is 9.10 Å². The number of benzene rings is 2. The third kappa shape index (κ3) is 5.31. The summed E-state index contributed by atoms with van der Waals surface area (Å²) in [7, 11) is -3.59. The molecule has 2 aromatic carbocycles. The number of para-hydroxylation sites is 1. The molecule has 6 nitrogen and oxygen atoms in total. The molecule has 2 rings (SSSR count). The highest BCUT2D eigenvalue weighted by molar-refractivity contribution is 7.92. The highest BCUT2D eigenvalue weighted by Crippen LogP contribution is 2.22. The molecule has 0 saturated carbocycles. The standard InChI is InChI=1S/C20H23N3O3S/c1-4-17-9-5-7-15(2)20(17)22-19(24)11-12-23(27(3,25)26)18-10-6-8-16(13-18)14-21/h5-10,13H,4,11-12H2,1-3H3,(H,22,24). The summed E-state index contributed by atoms with van der Waals surface area (Å²) in [5, 5.41) is 11.9. The molecule has 0 fully saturated rings. The molecule has 0 aliphatic rings. The quantitative estimate of drug-likeness (QED) is 0.792. The van der Waals surface area contributed by atoms with Gasteiger partial charge in [-0.05, 0) is 42.7 Å². The first-order valence-corrected chi connectivity index (χ1v) is 10.5. The van der Waals surface area contributed by atoms with Crippen molar-refractivity contribution in [2.75, 3.05) is 22.4 Å². The van der Waals surface area contributed by atoms with Gasteiger partial charge in [0.05, 0.1) is 23.6 Å². The summed E-state index contributed by atoms with van der Waals surface area (Å²) in [6.45, 7) is 3.93. The average molecular weight is 385 g/mol. The Bertz CT molecular complexity index is 978. The largest absolute Gasteiger partial charge is 0.326 e. The van der Waals surface area contributed by atoms with Gasteiger partial charge in [0.25, 0.3) is 0 Å². The highest BCUT2D eigenvalue weighted by Gasteiger charge is 2.19. The lowest BCUT2D eigenvalue weighted by molar-refractivity contribution is -0.116. The monoisotopic (exact) mass is 385 g/mol. The van der Waals surface area contributed by atoms with E-state index < -0.39 is 10.0 Å². The van der Waals surface area contributed by atoms with E-state index in [9.17, 15) is 13.2 Å². The zero-order chi connectivity index (χ0) is 20.0. The van der Waals surface area contributed by atoms with Crippen molar-refractivity contribution in [2.24, 2.45) is 0 Å². The predicted octanol–water partition coefficient (Wildman–Crippen LogP) is 3.22. The number of carbonyl (C=O) groups excluding carboxylic acids is 1. The van der Waals surface area contributed by atoms with Gasteiger partial charge in [0, 0.05) is 18.7 Å². The Kier molecular flexibility index (Phi) is 6.59. The van der Waals surface area contributed by atoms with Crippen LogP contribution in [-0.4, -0.2) is 27.1 Å². The first-order valence-electron chi connectivity index (χ1n) is 8.62. The van der Waals surface area contributed by atoms with E-state index in [0.29, 0.717) is 11.3 Å². The zero-order valence-corrected chi connectivity index (χ0v) is 16.5. The molecule has 0 saturated heterocycles. The molecule has 7 heteroatoms. The predicted molar refractivity (Wildman–Crippen MR) is 107 cm³/mol. The van der Waals surface area contributed by atoms with Crippen LogP contribution in [0.3, 0.4) is 0 Å². The van der Waals surface area contributed by atoms with E-state index in [-0.39, 0.29) is 18.9 Å². The van der Waals surface area contributed by atoms with Gasteiger partial charge in [-0.1, -0.05) is 31.2 Å². The Balaban J connectivity index is 2.16. The van der Waals surface area contributed by atoms with Crippen LogP contribution in [0.2, 0.25) is 0 Å². The number of sulfonamides is 1. The minimum absolute atomic E-state index is 0.00133. The van der Waals surface area contributed by atoms with Crippen LogP contribution in [0.15, 0.2) is 42.5 Å². The summed E-state index contributed by atoms with van der Waals surface area (Å²) in [6, 6.07) is 14.1. The Morgan fingerprint density at radius 2 is 1.93 bits per heavy atom. The SMILES string of the molecule is CCc1cccc(C)c1NC(=O)CCN(c1cccc(C#N)c1)S(C)(=O)=O. The number of rotatable bonds is 7. The third-order valence-corrected chi connectivity index (χ3v) is 5.40. The second-order valence-electron chi connectivity index (χ2n) is 6.26. The Morgan fingerprint density at radius 3 is 2.56 bits per heavy atom. The summed E-state index contributed by atoms with van der Waals surface area (Å²) in [4.78, 5) is 12.4. The second-order valence-corrected chi connectivity index (χ2v) is 8.16. The van der Waals surface area contributed by atoms with E-state index >= 15 is 0 Å². The molecule has 1 N–H and O–H groups in total. The maximum atomic E-state index is 12.4. The van der Waals surface area contributed by atoms with Crippen molar-refractivity contribution in [1.29, 1.82) is 5.26 Å². The molecule has 1 amide bonds. The number of anilines is 2. The van der Waals surface area contributed by atoms with Gasteiger partial charge in [-0.15, -0.1) is 0 Å². The van der Waals surface area contributed by atoms with Crippen molar-refractivity contribution in [3.05, 3.63) is 59.2 Å². The number of amides is 1. The highest BCUT2D eigenvalue weighted by atomic mass is 32.2. The number of nitriles is 1. The molecule has 0 aliphatic heterocycles. The molecule has 0 radical (unpaired) electrons. The number of aryl methyl sites for hydroxylation is 2. The minimum Gasteiger partial charge on any atom is -0.326 e. The average Bonchev–Trinajstić information content (AvgIpc) is 2.62. The van der Waals surface area contributed by atoms with Gasteiger partial charge < -0.3 is 5.32 Å². The van der Waals surface area contributed by atoms with Gasteiger partial charge in [0.15, 0.2) is 0 Å². The molecule has 0 spiro atoms. The molecule has 27 heavy (non-hydrogen) atoms. The molecular weight excluding hydrogens is 362 g/mol. The van der Waals surface area contributed by atoms with E-state index in [2.05, 4.69) is 5.32 Å². The van der Waals surface area contributed by atoms with Crippen LogP contribution >= 0.6 is 0 Å². The topological polar surface area (TPSA) is 90.3 Å². The molecule has 0 unspecified atom stereocenters. The summed E-state index contributed by atoms with van der Waals surface area (Å²) in [5.41, 5.74) is 3.50. The minimum atomic E-state index is -3.59. The van der Waals surface area contributed by atoms with Crippen molar-refractivity contribution >= 4 is 27.3 Å². The van der Waals surface area contributed by atoms with E-state index in [1.807, 2.05) is 38.1 Å². The molecule has 0 aromatic heterocycles. The Morgan fingerprint density at radius 1 is 1.22 bits per heavy atom. The smallest absolute Gasteiger partial charge is 0.232 e. The molecule has 0 heterocycles. The number of hydrogen-bond donors (Lipinski definition) is 1. The van der Waals surface area contributed by atoms with Gasteiger partial charge in [-0.2, -0.15) is 5.26 Å². The van der Waals surface area contributed by atoms with Crippen LogP contribution in [0.25, 0.3) is 0 Å². The fourth-order valence-corrected chi connectivity index (χ4v) is 3.74. The maximum absolute atomic E-state index is 12.4. The molecule has 0 bridgehead atoms. The lowest BCUT2D eigenvalue weighted by atomic mass is 10.1. The number of carbonyl (C=O) groups is 1. The van der Waals surface area contributed by atoms with Crippen molar-refractivity contribution in [3.8, 4) is 6.07 Å². The van der Waals surface area contributed by atoms with E-state index in [0.717, 1.165) is 33.8 Å². The number of nitrogens with one attached hydrogen (secondary N) is 1. The first kappa shape index (κ1) is 20.5. The Labute approximate surface area is 160 Å². The number of nitrogens with zero attached hydrogens (tertiary/aromatic N) is 2. The molecule has 2 aromatic rings. The molecule has 0 aliphatic carbocycles. The summed E-state index contributed by atoms with van der Waals surface area (Å²) < 4.78 is 25.5. The third-order valence-electron chi connectivity index (χ3n) is 4.21. The molecular formula is C20H23N3O3S. The van der Waals surface area contributed by atoms with Crippen LogP contribution in [0.4, 0.5) is 11.4 Å². The lowest BCUT2D eigenvalue weighted by Crippen LogP contribution is -2.33. The molecule has 0 atom stereocenters. The Hall–Kier alpha value is -2.85. The van der Waals surface area contributed by atoms with Crippen LogP contribution in [-0.2, 0) is 21.2 Å². The summed E-state index contributed by atoms with van der Waals surface area (Å²) >= 11 is 0. The van der Waals surface area contributed by atoms with Crippen LogP contribution in [0.5, 0.6) is 0 Å². The normalized spacial score (nSPS) is 10.9. The zero-order valence-electron chi connectivity index (χ0n) is 15.7. The van der Waals surface area contributed by atoms with Crippen LogP contribution < -0.4 is 9.62 Å². The van der Waals surface area contributed by atoms with Gasteiger partial charge >= 0.3 is 0 Å². The van der Waals surface area contributed by atoms with E-state index in [1.165, 1.54) is 6.07 Å². The molecule has 142 valence electrons. The summed E-state index contributed by atoms with van der Waals surface area (Å²) in [6.07, 6.45) is 1.87. The van der Waals surface area contributed by atoms with Crippen molar-refractivity contribution in [2.45, 2.75) is 26.7 Å². The fourth-order valence-electron chi connectivity index (χ4n) is 2.82. The first-order chi connectivity index (χ1) is 12.8. The van der Waals surface area contributed by atoms with Crippen molar-refractivity contribution in [3.63, 3.8) is 0 Å².